The minimum absolute atomic E-state index is 0.741. The topological polar surface area (TPSA) is 28.2 Å². The average molecular weight is 283 g/mol. The van der Waals surface area contributed by atoms with Crippen LogP contribution in [0.15, 0.2) is 30.3 Å². The molecule has 0 amide bonds. The molecule has 3 heteroatoms. The Hall–Kier alpha value is -1.61. The summed E-state index contributed by atoms with van der Waals surface area (Å²) in [6, 6.07) is 11.6. The van der Waals surface area contributed by atoms with Gasteiger partial charge in [0, 0.05) is 30.2 Å². The number of rotatable bonds is 7. The summed E-state index contributed by atoms with van der Waals surface area (Å²) in [4.78, 5) is 7.40. The Morgan fingerprint density at radius 1 is 1.29 bits per heavy atom. The number of hydrogen-bond donors (Lipinski definition) is 1. The number of pyridine rings is 1. The number of nitrogens with zero attached hydrogens (tertiary/aromatic N) is 2. The van der Waals surface area contributed by atoms with Crippen molar-refractivity contribution in [1.29, 1.82) is 0 Å². The summed E-state index contributed by atoms with van der Waals surface area (Å²) in [7, 11) is 1.98. The summed E-state index contributed by atoms with van der Waals surface area (Å²) in [5.41, 5.74) is 3.62. The van der Waals surface area contributed by atoms with Crippen molar-refractivity contribution in [3.05, 3.63) is 36.0 Å². The van der Waals surface area contributed by atoms with Crippen LogP contribution in [0, 0.1) is 0 Å². The predicted molar refractivity (Wildman–Crippen MR) is 89.8 cm³/mol. The van der Waals surface area contributed by atoms with E-state index >= 15 is 0 Å². The number of nitrogens with one attached hydrogen (secondary N) is 1. The van der Waals surface area contributed by atoms with Crippen LogP contribution in [-0.2, 0) is 6.54 Å². The summed E-state index contributed by atoms with van der Waals surface area (Å²) in [5.74, 6) is 0. The van der Waals surface area contributed by atoms with Gasteiger partial charge in [0.1, 0.15) is 0 Å². The molecule has 112 valence electrons. The average Bonchev–Trinajstić information content (AvgIpc) is 3.33. The third kappa shape index (κ3) is 3.18. The fourth-order valence-electron chi connectivity index (χ4n) is 2.93. The molecule has 2 aromatic rings. The monoisotopic (exact) mass is 283 g/mol. The van der Waals surface area contributed by atoms with Crippen LogP contribution in [0.5, 0.6) is 0 Å². The Bertz CT molecular complexity index is 604. The summed E-state index contributed by atoms with van der Waals surface area (Å²) in [5, 5.41) is 4.51. The molecule has 1 fully saturated rings. The maximum absolute atomic E-state index is 4.78. The number of aromatic nitrogens is 1. The van der Waals surface area contributed by atoms with Crippen molar-refractivity contribution < 1.29 is 0 Å². The second-order valence-electron chi connectivity index (χ2n) is 5.96. The van der Waals surface area contributed by atoms with E-state index in [-0.39, 0.29) is 0 Å². The zero-order valence-corrected chi connectivity index (χ0v) is 13.1. The number of fused-ring (bicyclic) bond motifs is 1. The Kier molecular flexibility index (Phi) is 4.39. The normalized spacial score (nSPS) is 14.6. The van der Waals surface area contributed by atoms with E-state index in [1.165, 1.54) is 36.8 Å². The van der Waals surface area contributed by atoms with Gasteiger partial charge in [-0.2, -0.15) is 0 Å². The molecular weight excluding hydrogens is 258 g/mol. The molecule has 3 rings (SSSR count). The van der Waals surface area contributed by atoms with Crippen LogP contribution >= 0.6 is 0 Å². The molecule has 0 bridgehead atoms. The van der Waals surface area contributed by atoms with Crippen LogP contribution < -0.4 is 10.2 Å². The van der Waals surface area contributed by atoms with E-state index in [0.29, 0.717) is 0 Å². The zero-order valence-electron chi connectivity index (χ0n) is 13.1. The summed E-state index contributed by atoms with van der Waals surface area (Å²) in [6.45, 7) is 4.25. The molecule has 1 aliphatic carbocycles. The standard InChI is InChI=1S/C18H25N3/c1-3-4-11-21(15-9-10-15)18-12-14(13-19-2)20-17-8-6-5-7-16(17)18/h5-8,12,15,19H,3-4,9-11,13H2,1-2H3. The van der Waals surface area contributed by atoms with Crippen LogP contribution in [0.2, 0.25) is 0 Å². The van der Waals surface area contributed by atoms with Crippen molar-refractivity contribution in [2.75, 3.05) is 18.5 Å². The van der Waals surface area contributed by atoms with Gasteiger partial charge in [-0.15, -0.1) is 0 Å². The third-order valence-corrected chi connectivity index (χ3v) is 4.15. The van der Waals surface area contributed by atoms with Crippen molar-refractivity contribution in [3.8, 4) is 0 Å². The van der Waals surface area contributed by atoms with E-state index in [0.717, 1.165) is 30.3 Å². The van der Waals surface area contributed by atoms with Gasteiger partial charge in [-0.05, 0) is 38.4 Å². The molecule has 0 atom stereocenters. The lowest BCUT2D eigenvalue weighted by atomic mass is 10.1. The first-order chi connectivity index (χ1) is 10.3. The molecule has 0 unspecified atom stereocenters. The molecule has 1 heterocycles. The van der Waals surface area contributed by atoms with E-state index in [1.807, 2.05) is 7.05 Å². The summed E-state index contributed by atoms with van der Waals surface area (Å²) in [6.07, 6.45) is 5.17. The van der Waals surface area contributed by atoms with Crippen LogP contribution in [0.25, 0.3) is 10.9 Å². The van der Waals surface area contributed by atoms with E-state index in [1.54, 1.807) is 0 Å². The molecule has 1 aromatic carbocycles. The highest BCUT2D eigenvalue weighted by Gasteiger charge is 2.30. The highest BCUT2D eigenvalue weighted by atomic mass is 15.2. The number of hydrogen-bond acceptors (Lipinski definition) is 3. The van der Waals surface area contributed by atoms with Crippen LogP contribution in [0.1, 0.15) is 38.3 Å². The first-order valence-corrected chi connectivity index (χ1v) is 8.13. The maximum atomic E-state index is 4.78. The molecule has 1 N–H and O–H groups in total. The smallest absolute Gasteiger partial charge is 0.0726 e. The van der Waals surface area contributed by atoms with Crippen molar-refractivity contribution in [2.24, 2.45) is 0 Å². The molecule has 1 aromatic heterocycles. The molecule has 0 aliphatic heterocycles. The van der Waals surface area contributed by atoms with Crippen molar-refractivity contribution in [2.45, 2.75) is 45.2 Å². The van der Waals surface area contributed by atoms with Gasteiger partial charge in [-0.3, -0.25) is 4.98 Å². The van der Waals surface area contributed by atoms with Gasteiger partial charge in [-0.25, -0.2) is 0 Å². The largest absolute Gasteiger partial charge is 0.368 e. The lowest BCUT2D eigenvalue weighted by molar-refractivity contribution is 0.713. The first kappa shape index (κ1) is 14.3. The Labute approximate surface area is 127 Å². The molecule has 0 spiro atoms. The number of unbranched alkanes of at least 4 members (excludes halogenated alkanes) is 1. The van der Waals surface area contributed by atoms with Gasteiger partial charge in [-0.1, -0.05) is 31.5 Å². The lowest BCUT2D eigenvalue weighted by Gasteiger charge is -2.26. The predicted octanol–water partition coefficient (Wildman–Crippen LogP) is 3.72. The molecule has 0 radical (unpaired) electrons. The van der Waals surface area contributed by atoms with Crippen LogP contribution in [-0.4, -0.2) is 24.6 Å². The van der Waals surface area contributed by atoms with Crippen molar-refractivity contribution in [1.82, 2.24) is 10.3 Å². The number of para-hydroxylation sites is 1. The van der Waals surface area contributed by atoms with Gasteiger partial charge in [0.2, 0.25) is 0 Å². The minimum atomic E-state index is 0.741. The van der Waals surface area contributed by atoms with Gasteiger partial charge in [0.15, 0.2) is 0 Å². The summed E-state index contributed by atoms with van der Waals surface area (Å²) < 4.78 is 0. The van der Waals surface area contributed by atoms with Crippen LogP contribution in [0.3, 0.4) is 0 Å². The van der Waals surface area contributed by atoms with Crippen LogP contribution in [0.4, 0.5) is 5.69 Å². The highest BCUT2D eigenvalue weighted by molar-refractivity contribution is 5.92. The van der Waals surface area contributed by atoms with Gasteiger partial charge < -0.3 is 10.2 Å². The molecule has 1 aliphatic rings. The second-order valence-corrected chi connectivity index (χ2v) is 5.96. The van der Waals surface area contributed by atoms with Crippen molar-refractivity contribution in [3.63, 3.8) is 0 Å². The molecule has 3 nitrogen and oxygen atoms in total. The second kappa shape index (κ2) is 6.44. The quantitative estimate of drug-likeness (QED) is 0.839. The fraction of sp³-hybridized carbons (Fsp3) is 0.500. The zero-order chi connectivity index (χ0) is 14.7. The van der Waals surface area contributed by atoms with Gasteiger partial charge in [0.25, 0.3) is 0 Å². The van der Waals surface area contributed by atoms with E-state index in [2.05, 4.69) is 47.5 Å². The first-order valence-electron chi connectivity index (χ1n) is 8.13. The molecule has 0 saturated heterocycles. The third-order valence-electron chi connectivity index (χ3n) is 4.15. The highest BCUT2D eigenvalue weighted by Crippen LogP contribution is 2.36. The summed E-state index contributed by atoms with van der Waals surface area (Å²) >= 11 is 0. The van der Waals surface area contributed by atoms with E-state index in [4.69, 9.17) is 4.98 Å². The van der Waals surface area contributed by atoms with E-state index in [9.17, 15) is 0 Å². The Morgan fingerprint density at radius 3 is 2.81 bits per heavy atom. The minimum Gasteiger partial charge on any atom is -0.368 e. The maximum Gasteiger partial charge on any atom is 0.0726 e. The van der Waals surface area contributed by atoms with Gasteiger partial charge >= 0.3 is 0 Å². The fourth-order valence-corrected chi connectivity index (χ4v) is 2.93. The molecular formula is C18H25N3. The number of anilines is 1. The van der Waals surface area contributed by atoms with Gasteiger partial charge in [0.05, 0.1) is 11.2 Å². The van der Waals surface area contributed by atoms with Crippen molar-refractivity contribution >= 4 is 16.6 Å². The Morgan fingerprint density at radius 2 is 2.10 bits per heavy atom. The van der Waals surface area contributed by atoms with E-state index < -0.39 is 0 Å². The lowest BCUT2D eigenvalue weighted by Crippen LogP contribution is -2.27. The molecule has 21 heavy (non-hydrogen) atoms. The Balaban J connectivity index is 2.04. The number of benzene rings is 1. The molecule has 1 saturated carbocycles. The SMILES string of the molecule is CCCCN(c1cc(CNC)nc2ccccc12)C1CC1.